The summed E-state index contributed by atoms with van der Waals surface area (Å²) in [5.41, 5.74) is 8.60. The van der Waals surface area contributed by atoms with Crippen LogP contribution in [-0.4, -0.2) is 15.2 Å². The topological polar surface area (TPSA) is 67.6 Å². The van der Waals surface area contributed by atoms with Gasteiger partial charge in [0.15, 0.2) is 0 Å². The van der Waals surface area contributed by atoms with Gasteiger partial charge in [0, 0.05) is 10.8 Å². The molecule has 0 aromatic carbocycles. The van der Waals surface area contributed by atoms with E-state index in [0.717, 1.165) is 28.3 Å². The summed E-state index contributed by atoms with van der Waals surface area (Å²) in [6, 6.07) is 0. The summed E-state index contributed by atoms with van der Waals surface area (Å²) in [6.07, 6.45) is 10.3. The minimum absolute atomic E-state index is 0.377. The second-order valence-electron chi connectivity index (χ2n) is 7.43. The molecule has 3 N–H and O–H groups in total. The number of hydrogen-bond donors (Lipinski definition) is 2. The van der Waals surface area contributed by atoms with Crippen LogP contribution >= 0.6 is 11.3 Å². The number of nitrogens with one attached hydrogen (secondary N) is 1. The third kappa shape index (κ3) is 1.73. The van der Waals surface area contributed by atoms with Crippen LogP contribution in [0, 0.1) is 17.8 Å². The van der Waals surface area contributed by atoms with Crippen molar-refractivity contribution in [1.82, 2.24) is 15.2 Å². The van der Waals surface area contributed by atoms with Crippen LogP contribution in [0.2, 0.25) is 0 Å². The zero-order chi connectivity index (χ0) is 14.0. The van der Waals surface area contributed by atoms with Crippen molar-refractivity contribution in [2.45, 2.75) is 43.9 Å². The molecule has 0 aliphatic heterocycles. The van der Waals surface area contributed by atoms with Gasteiger partial charge in [-0.3, -0.25) is 5.10 Å². The fourth-order valence-corrected chi connectivity index (χ4v) is 6.50. The molecule has 110 valence electrons. The Morgan fingerprint density at radius 1 is 1.14 bits per heavy atom. The van der Waals surface area contributed by atoms with Gasteiger partial charge in [-0.1, -0.05) is 0 Å². The number of nitrogens with two attached hydrogens (primary N) is 1. The van der Waals surface area contributed by atoms with E-state index in [0.29, 0.717) is 11.2 Å². The maximum Gasteiger partial charge on any atom is 0.129 e. The molecule has 21 heavy (non-hydrogen) atoms. The van der Waals surface area contributed by atoms with Crippen LogP contribution in [-0.2, 0) is 5.41 Å². The van der Waals surface area contributed by atoms with Crippen molar-refractivity contribution >= 4 is 17.2 Å². The van der Waals surface area contributed by atoms with Gasteiger partial charge >= 0.3 is 0 Å². The van der Waals surface area contributed by atoms with Gasteiger partial charge in [0.2, 0.25) is 0 Å². The molecule has 2 heterocycles. The van der Waals surface area contributed by atoms with Crippen molar-refractivity contribution in [2.24, 2.45) is 17.8 Å². The van der Waals surface area contributed by atoms with E-state index < -0.39 is 0 Å². The monoisotopic (exact) mass is 300 g/mol. The third-order valence-corrected chi connectivity index (χ3v) is 6.86. The molecule has 4 bridgehead atoms. The number of thiazole rings is 1. The molecule has 0 spiro atoms. The molecule has 2 aromatic rings. The molecule has 4 saturated carbocycles. The molecule has 0 radical (unpaired) electrons. The summed E-state index contributed by atoms with van der Waals surface area (Å²) >= 11 is 1.72. The fraction of sp³-hybridized carbons (Fsp3) is 0.625. The highest BCUT2D eigenvalue weighted by molar-refractivity contribution is 7.13. The number of anilines is 1. The molecule has 2 aromatic heterocycles. The molecule has 0 atom stereocenters. The lowest BCUT2D eigenvalue weighted by atomic mass is 9.49. The van der Waals surface area contributed by atoms with Gasteiger partial charge in [0.25, 0.3) is 0 Å². The number of rotatable bonds is 2. The first-order valence-corrected chi connectivity index (χ1v) is 8.85. The Balaban J connectivity index is 1.54. The molecule has 0 unspecified atom stereocenters. The third-order valence-electron chi connectivity index (χ3n) is 5.99. The second kappa shape index (κ2) is 4.09. The van der Waals surface area contributed by atoms with Crippen LogP contribution < -0.4 is 5.73 Å². The highest BCUT2D eigenvalue weighted by Gasteiger charge is 2.52. The standard InChI is InChI=1S/C16H20N4S/c17-14-12(7-18-20-14)15-19-13(8-21-15)16-4-9-1-10(5-16)3-11(2-9)6-16/h7-11H,1-6H2,(H3,17,18,20). The first-order valence-electron chi connectivity index (χ1n) is 7.97. The van der Waals surface area contributed by atoms with Crippen molar-refractivity contribution in [1.29, 1.82) is 0 Å². The van der Waals surface area contributed by atoms with E-state index in [9.17, 15) is 0 Å². The number of H-pyrrole nitrogens is 1. The summed E-state index contributed by atoms with van der Waals surface area (Å²) in [7, 11) is 0. The summed E-state index contributed by atoms with van der Waals surface area (Å²) < 4.78 is 0. The van der Waals surface area contributed by atoms with Crippen molar-refractivity contribution in [3.05, 3.63) is 17.3 Å². The molecule has 4 aliphatic carbocycles. The molecule has 5 heteroatoms. The predicted molar refractivity (Wildman–Crippen MR) is 84.0 cm³/mol. The highest BCUT2D eigenvalue weighted by Crippen LogP contribution is 2.60. The molecular formula is C16H20N4S. The summed E-state index contributed by atoms with van der Waals surface area (Å²) in [5, 5.41) is 10.1. The van der Waals surface area contributed by atoms with Crippen LogP contribution in [0.3, 0.4) is 0 Å². The lowest BCUT2D eigenvalue weighted by Gasteiger charge is -2.56. The summed E-state index contributed by atoms with van der Waals surface area (Å²) in [5.74, 6) is 3.50. The van der Waals surface area contributed by atoms with Crippen molar-refractivity contribution in [3.8, 4) is 10.6 Å². The van der Waals surface area contributed by atoms with E-state index in [-0.39, 0.29) is 0 Å². The lowest BCUT2D eigenvalue weighted by molar-refractivity contribution is -0.00689. The molecule has 4 fully saturated rings. The molecule has 4 nitrogen and oxygen atoms in total. The van der Waals surface area contributed by atoms with Crippen LogP contribution in [0.15, 0.2) is 11.6 Å². The average Bonchev–Trinajstić information content (AvgIpc) is 3.05. The van der Waals surface area contributed by atoms with E-state index >= 15 is 0 Å². The van der Waals surface area contributed by atoms with E-state index in [1.165, 1.54) is 44.2 Å². The first-order chi connectivity index (χ1) is 10.2. The Hall–Kier alpha value is -1.36. The zero-order valence-corrected chi connectivity index (χ0v) is 12.8. The largest absolute Gasteiger partial charge is 0.383 e. The Kier molecular flexibility index (Phi) is 2.38. The van der Waals surface area contributed by atoms with E-state index in [4.69, 9.17) is 10.7 Å². The predicted octanol–water partition coefficient (Wildman–Crippen LogP) is 3.58. The molecule has 6 rings (SSSR count). The molecule has 0 amide bonds. The van der Waals surface area contributed by atoms with Gasteiger partial charge < -0.3 is 5.73 Å². The molecule has 4 aliphatic rings. The lowest BCUT2D eigenvalue weighted by Crippen LogP contribution is -2.48. The fourth-order valence-electron chi connectivity index (χ4n) is 5.53. The van der Waals surface area contributed by atoms with Gasteiger partial charge in [-0.25, -0.2) is 4.98 Å². The van der Waals surface area contributed by atoms with Gasteiger partial charge in [0.1, 0.15) is 10.8 Å². The Bertz CT molecular complexity index is 651. The Morgan fingerprint density at radius 2 is 1.81 bits per heavy atom. The van der Waals surface area contributed by atoms with E-state index in [1.807, 2.05) is 0 Å². The SMILES string of the molecule is Nc1[nH]ncc1-c1nc(C23CC4CC(CC(C4)C2)C3)cs1. The molecule has 0 saturated heterocycles. The van der Waals surface area contributed by atoms with Crippen LogP contribution in [0.25, 0.3) is 10.6 Å². The minimum atomic E-state index is 0.377. The maximum atomic E-state index is 5.94. The number of hydrogen-bond acceptors (Lipinski definition) is 4. The van der Waals surface area contributed by atoms with Crippen molar-refractivity contribution < 1.29 is 0 Å². The normalized spacial score (nSPS) is 37.2. The quantitative estimate of drug-likeness (QED) is 0.890. The first kappa shape index (κ1) is 12.2. The van der Waals surface area contributed by atoms with Crippen LogP contribution in [0.1, 0.15) is 44.2 Å². The number of aromatic amines is 1. The van der Waals surface area contributed by atoms with Gasteiger partial charge in [-0.15, -0.1) is 11.3 Å². The van der Waals surface area contributed by atoms with Crippen LogP contribution in [0.5, 0.6) is 0 Å². The number of nitrogens with zero attached hydrogens (tertiary/aromatic N) is 2. The summed E-state index contributed by atoms with van der Waals surface area (Å²) in [6.45, 7) is 0. The van der Waals surface area contributed by atoms with Gasteiger partial charge in [-0.2, -0.15) is 5.10 Å². The van der Waals surface area contributed by atoms with E-state index in [1.54, 1.807) is 17.5 Å². The number of aromatic nitrogens is 3. The Morgan fingerprint density at radius 3 is 2.38 bits per heavy atom. The highest BCUT2D eigenvalue weighted by atomic mass is 32.1. The smallest absolute Gasteiger partial charge is 0.129 e. The van der Waals surface area contributed by atoms with Gasteiger partial charge in [0.05, 0.1) is 17.5 Å². The number of nitrogen functional groups attached to an aromatic ring is 1. The maximum absolute atomic E-state index is 5.94. The zero-order valence-electron chi connectivity index (χ0n) is 12.0. The second-order valence-corrected chi connectivity index (χ2v) is 8.29. The summed E-state index contributed by atoms with van der Waals surface area (Å²) in [4.78, 5) is 4.98. The minimum Gasteiger partial charge on any atom is -0.383 e. The average molecular weight is 300 g/mol. The Labute approximate surface area is 128 Å². The van der Waals surface area contributed by atoms with Crippen molar-refractivity contribution in [3.63, 3.8) is 0 Å². The van der Waals surface area contributed by atoms with Gasteiger partial charge in [-0.05, 0) is 56.3 Å². The van der Waals surface area contributed by atoms with Crippen LogP contribution in [0.4, 0.5) is 5.82 Å². The van der Waals surface area contributed by atoms with E-state index in [2.05, 4.69) is 15.6 Å². The molecular weight excluding hydrogens is 280 g/mol. The van der Waals surface area contributed by atoms with Crippen molar-refractivity contribution in [2.75, 3.05) is 5.73 Å².